The molecule has 0 radical (unpaired) electrons. The van der Waals surface area contributed by atoms with Gasteiger partial charge in [-0.25, -0.2) is 8.42 Å². The lowest BCUT2D eigenvalue weighted by atomic mass is 10.2. The van der Waals surface area contributed by atoms with Crippen LogP contribution in [0, 0.1) is 6.92 Å². The average molecular weight is 419 g/mol. The number of sulfonamides is 1. The molecule has 5 nitrogen and oxygen atoms in total. The van der Waals surface area contributed by atoms with Crippen molar-refractivity contribution in [3.8, 4) is 0 Å². The van der Waals surface area contributed by atoms with Crippen molar-refractivity contribution in [2.45, 2.75) is 30.8 Å². The molecule has 1 fully saturated rings. The van der Waals surface area contributed by atoms with Crippen LogP contribution in [0.3, 0.4) is 0 Å². The smallest absolute Gasteiger partial charge is 0.243 e. The highest BCUT2D eigenvalue weighted by atomic mass is 35.5. The van der Waals surface area contributed by atoms with Gasteiger partial charge in [-0.05, 0) is 43.2 Å². The number of likely N-dealkylation sites (tertiary alicyclic amines) is 1. The molecule has 4 rings (SSSR count). The molecular formula is C21H23ClN2O3S. The molecule has 1 atom stereocenters. The Hall–Kier alpha value is -1.86. The third-order valence-corrected chi connectivity index (χ3v) is 7.75. The van der Waals surface area contributed by atoms with Gasteiger partial charge in [0.2, 0.25) is 10.0 Å². The second-order valence-electron chi connectivity index (χ2n) is 7.36. The third-order valence-electron chi connectivity index (χ3n) is 5.44. The van der Waals surface area contributed by atoms with E-state index >= 15 is 0 Å². The van der Waals surface area contributed by atoms with Crippen LogP contribution in [0.2, 0.25) is 5.02 Å². The largest absolute Gasteiger partial charge is 0.460 e. The van der Waals surface area contributed by atoms with E-state index in [0.29, 0.717) is 18.1 Å². The molecule has 148 valence electrons. The minimum absolute atomic E-state index is 0.0746. The van der Waals surface area contributed by atoms with Gasteiger partial charge >= 0.3 is 0 Å². The molecule has 2 heterocycles. The Morgan fingerprint density at radius 1 is 1.21 bits per heavy atom. The van der Waals surface area contributed by atoms with E-state index in [1.807, 2.05) is 31.2 Å². The molecular weight excluding hydrogens is 396 g/mol. The standard InChI is InChI=1S/C21H23ClN2O3S/c1-15-7-8-19(12-20(15)22)28(25,26)23(2)17-9-10-24(13-17)14-18-11-16-5-3-4-6-21(16)27-18/h3-8,11-12,17H,9-10,13-14H2,1-2H3. The molecule has 7 heteroatoms. The van der Waals surface area contributed by atoms with E-state index in [-0.39, 0.29) is 10.9 Å². The molecule has 0 saturated carbocycles. The Bertz CT molecular complexity index is 1080. The van der Waals surface area contributed by atoms with Gasteiger partial charge in [0.05, 0.1) is 11.4 Å². The molecule has 1 aromatic heterocycles. The summed E-state index contributed by atoms with van der Waals surface area (Å²) in [6, 6.07) is 14.8. The molecule has 1 unspecified atom stereocenters. The predicted octanol–water partition coefficient (Wildman–Crippen LogP) is 4.29. The van der Waals surface area contributed by atoms with Gasteiger partial charge in [-0.3, -0.25) is 4.90 Å². The normalized spacial score (nSPS) is 18.4. The van der Waals surface area contributed by atoms with E-state index in [2.05, 4.69) is 11.0 Å². The van der Waals surface area contributed by atoms with Gasteiger partial charge in [0.15, 0.2) is 0 Å². The van der Waals surface area contributed by atoms with Crippen LogP contribution in [0.15, 0.2) is 57.8 Å². The first-order valence-electron chi connectivity index (χ1n) is 9.28. The van der Waals surface area contributed by atoms with Crippen LogP contribution in [-0.2, 0) is 16.6 Å². The zero-order valence-electron chi connectivity index (χ0n) is 15.9. The number of hydrogen-bond donors (Lipinski definition) is 0. The highest BCUT2D eigenvalue weighted by Gasteiger charge is 2.33. The van der Waals surface area contributed by atoms with Gasteiger partial charge in [0.1, 0.15) is 11.3 Å². The number of benzene rings is 2. The van der Waals surface area contributed by atoms with E-state index in [9.17, 15) is 8.42 Å². The summed E-state index contributed by atoms with van der Waals surface area (Å²) >= 11 is 6.13. The van der Waals surface area contributed by atoms with Crippen molar-refractivity contribution < 1.29 is 12.8 Å². The molecule has 0 amide bonds. The fourth-order valence-corrected chi connectivity index (χ4v) is 5.33. The van der Waals surface area contributed by atoms with Crippen molar-refractivity contribution in [3.63, 3.8) is 0 Å². The van der Waals surface area contributed by atoms with Crippen molar-refractivity contribution >= 4 is 32.6 Å². The number of furan rings is 1. The minimum Gasteiger partial charge on any atom is -0.460 e. The number of likely N-dealkylation sites (N-methyl/N-ethyl adjacent to an activating group) is 1. The monoisotopic (exact) mass is 418 g/mol. The Kier molecular flexibility index (Phi) is 5.22. The molecule has 0 bridgehead atoms. The maximum atomic E-state index is 13.0. The summed E-state index contributed by atoms with van der Waals surface area (Å²) in [4.78, 5) is 2.47. The highest BCUT2D eigenvalue weighted by Crippen LogP contribution is 2.27. The topological polar surface area (TPSA) is 53.8 Å². The number of rotatable bonds is 5. The fourth-order valence-electron chi connectivity index (χ4n) is 3.68. The average Bonchev–Trinajstić information content (AvgIpc) is 3.29. The Labute approximate surface area is 170 Å². The quantitative estimate of drug-likeness (QED) is 0.620. The van der Waals surface area contributed by atoms with Crippen molar-refractivity contribution in [2.24, 2.45) is 0 Å². The summed E-state index contributed by atoms with van der Waals surface area (Å²) < 4.78 is 33.4. The first-order chi connectivity index (χ1) is 13.3. The molecule has 0 aliphatic carbocycles. The summed E-state index contributed by atoms with van der Waals surface area (Å²) in [5, 5.41) is 1.55. The second kappa shape index (κ2) is 7.52. The molecule has 1 aliphatic rings. The van der Waals surface area contributed by atoms with Crippen LogP contribution in [0.4, 0.5) is 0 Å². The van der Waals surface area contributed by atoms with Crippen molar-refractivity contribution in [2.75, 3.05) is 20.1 Å². The first kappa shape index (κ1) is 19.5. The van der Waals surface area contributed by atoms with E-state index < -0.39 is 10.0 Å². The Morgan fingerprint density at radius 3 is 2.75 bits per heavy atom. The number of aryl methyl sites for hydroxylation is 1. The zero-order chi connectivity index (χ0) is 19.9. The van der Waals surface area contributed by atoms with Gasteiger partial charge in [-0.2, -0.15) is 4.31 Å². The lowest BCUT2D eigenvalue weighted by molar-refractivity contribution is 0.278. The second-order valence-corrected chi connectivity index (χ2v) is 9.77. The Morgan fingerprint density at radius 2 is 2.00 bits per heavy atom. The van der Waals surface area contributed by atoms with Gasteiger partial charge in [-0.1, -0.05) is 35.9 Å². The SMILES string of the molecule is Cc1ccc(S(=O)(=O)N(C)C2CCN(Cc3cc4ccccc4o3)C2)cc1Cl. The summed E-state index contributed by atoms with van der Waals surface area (Å²) in [5.41, 5.74) is 1.74. The Balaban J connectivity index is 1.46. The highest BCUT2D eigenvalue weighted by molar-refractivity contribution is 7.89. The molecule has 28 heavy (non-hydrogen) atoms. The van der Waals surface area contributed by atoms with Crippen LogP contribution >= 0.6 is 11.6 Å². The van der Waals surface area contributed by atoms with Crippen LogP contribution in [0.5, 0.6) is 0 Å². The first-order valence-corrected chi connectivity index (χ1v) is 11.1. The molecule has 1 saturated heterocycles. The molecule has 2 aromatic carbocycles. The number of fused-ring (bicyclic) bond motifs is 1. The zero-order valence-corrected chi connectivity index (χ0v) is 17.5. The summed E-state index contributed by atoms with van der Waals surface area (Å²) in [7, 11) is -1.93. The van der Waals surface area contributed by atoms with Crippen molar-refractivity contribution in [1.82, 2.24) is 9.21 Å². The van der Waals surface area contributed by atoms with Crippen LogP contribution < -0.4 is 0 Å². The summed E-state index contributed by atoms with van der Waals surface area (Å²) in [5.74, 6) is 0.901. The van der Waals surface area contributed by atoms with Crippen molar-refractivity contribution in [3.05, 3.63) is 64.9 Å². The van der Waals surface area contributed by atoms with E-state index in [1.54, 1.807) is 19.2 Å². The maximum absolute atomic E-state index is 13.0. The lowest BCUT2D eigenvalue weighted by Crippen LogP contribution is -2.38. The van der Waals surface area contributed by atoms with Gasteiger partial charge in [-0.15, -0.1) is 0 Å². The molecule has 3 aromatic rings. The molecule has 0 spiro atoms. The van der Waals surface area contributed by atoms with Gasteiger partial charge < -0.3 is 4.42 Å². The van der Waals surface area contributed by atoms with Crippen LogP contribution in [0.1, 0.15) is 17.7 Å². The van der Waals surface area contributed by atoms with Gasteiger partial charge in [0.25, 0.3) is 0 Å². The van der Waals surface area contributed by atoms with E-state index in [1.165, 1.54) is 10.4 Å². The lowest BCUT2D eigenvalue weighted by Gasteiger charge is -2.24. The maximum Gasteiger partial charge on any atom is 0.243 e. The minimum atomic E-state index is -3.58. The fraction of sp³-hybridized carbons (Fsp3) is 0.333. The number of halogens is 1. The number of nitrogens with zero attached hydrogens (tertiary/aromatic N) is 2. The number of hydrogen-bond acceptors (Lipinski definition) is 4. The molecule has 1 aliphatic heterocycles. The van der Waals surface area contributed by atoms with Gasteiger partial charge in [0, 0.05) is 36.6 Å². The number of para-hydroxylation sites is 1. The van der Waals surface area contributed by atoms with E-state index in [4.69, 9.17) is 16.0 Å². The van der Waals surface area contributed by atoms with Crippen LogP contribution in [-0.4, -0.2) is 43.8 Å². The third kappa shape index (κ3) is 3.70. The molecule has 0 N–H and O–H groups in total. The predicted molar refractivity (Wildman–Crippen MR) is 111 cm³/mol. The van der Waals surface area contributed by atoms with E-state index in [0.717, 1.165) is 35.3 Å². The summed E-state index contributed by atoms with van der Waals surface area (Å²) in [6.07, 6.45) is 0.787. The van der Waals surface area contributed by atoms with Crippen molar-refractivity contribution in [1.29, 1.82) is 0 Å². The van der Waals surface area contributed by atoms with Crippen LogP contribution in [0.25, 0.3) is 11.0 Å². The summed E-state index contributed by atoms with van der Waals surface area (Å²) in [6.45, 7) is 4.04.